The summed E-state index contributed by atoms with van der Waals surface area (Å²) in [5.41, 5.74) is 0.982. The molecular formula is C10H11NO3. The lowest BCUT2D eigenvalue weighted by Gasteiger charge is -2.03. The highest BCUT2D eigenvalue weighted by molar-refractivity contribution is 5.69. The van der Waals surface area contributed by atoms with Gasteiger partial charge in [0.15, 0.2) is 6.29 Å². The smallest absolute Gasteiger partial charge is 0.407 e. The fourth-order valence-corrected chi connectivity index (χ4v) is 0.931. The van der Waals surface area contributed by atoms with Gasteiger partial charge in [-0.3, -0.25) is 4.79 Å². The van der Waals surface area contributed by atoms with Crippen molar-refractivity contribution in [2.24, 2.45) is 0 Å². The molecule has 1 amide bonds. The van der Waals surface area contributed by atoms with E-state index in [2.05, 4.69) is 10.1 Å². The fourth-order valence-electron chi connectivity index (χ4n) is 0.931. The van der Waals surface area contributed by atoms with Crippen molar-refractivity contribution in [3.63, 3.8) is 0 Å². The molecule has 0 fully saturated rings. The zero-order chi connectivity index (χ0) is 10.2. The first-order valence-corrected chi connectivity index (χ1v) is 4.21. The molecule has 1 aromatic carbocycles. The molecule has 0 heterocycles. The van der Waals surface area contributed by atoms with E-state index in [0.29, 0.717) is 12.8 Å². The average molecular weight is 193 g/mol. The van der Waals surface area contributed by atoms with Gasteiger partial charge in [-0.25, -0.2) is 4.79 Å². The summed E-state index contributed by atoms with van der Waals surface area (Å²) in [5.74, 6) is 0. The van der Waals surface area contributed by atoms with Crippen molar-refractivity contribution in [2.45, 2.75) is 6.54 Å². The lowest BCUT2D eigenvalue weighted by Crippen LogP contribution is -2.24. The second-order valence-corrected chi connectivity index (χ2v) is 2.60. The Bertz CT molecular complexity index is 297. The topological polar surface area (TPSA) is 55.4 Å². The van der Waals surface area contributed by atoms with Gasteiger partial charge in [0, 0.05) is 6.54 Å². The van der Waals surface area contributed by atoms with Crippen LogP contribution in [0, 0.1) is 0 Å². The third-order valence-corrected chi connectivity index (χ3v) is 1.56. The van der Waals surface area contributed by atoms with Gasteiger partial charge < -0.3 is 10.1 Å². The number of rotatable bonds is 4. The lowest BCUT2D eigenvalue weighted by molar-refractivity contribution is -0.110. The summed E-state index contributed by atoms with van der Waals surface area (Å²) < 4.78 is 4.49. The minimum Gasteiger partial charge on any atom is -0.442 e. The third-order valence-electron chi connectivity index (χ3n) is 1.56. The Hall–Kier alpha value is -1.84. The van der Waals surface area contributed by atoms with Crippen LogP contribution >= 0.6 is 0 Å². The maximum atomic E-state index is 10.9. The number of nitrogens with one attached hydrogen (secondary N) is 1. The number of amides is 1. The molecule has 0 radical (unpaired) electrons. The molecule has 0 aromatic heterocycles. The van der Waals surface area contributed by atoms with Gasteiger partial charge in [0.2, 0.25) is 0 Å². The summed E-state index contributed by atoms with van der Waals surface area (Å²) in [5, 5.41) is 2.51. The summed E-state index contributed by atoms with van der Waals surface area (Å²) in [6.45, 7) is 0.194. The van der Waals surface area contributed by atoms with E-state index in [1.807, 2.05) is 30.3 Å². The Morgan fingerprint density at radius 2 is 2.07 bits per heavy atom. The summed E-state index contributed by atoms with van der Waals surface area (Å²) in [6, 6.07) is 9.44. The summed E-state index contributed by atoms with van der Waals surface area (Å²) >= 11 is 0. The predicted molar refractivity (Wildman–Crippen MR) is 50.7 cm³/mol. The van der Waals surface area contributed by atoms with Gasteiger partial charge in [-0.2, -0.15) is 0 Å². The van der Waals surface area contributed by atoms with Crippen LogP contribution in [0.15, 0.2) is 30.3 Å². The molecule has 0 atom stereocenters. The number of carbonyl (C=O) groups excluding carboxylic acids is 2. The second-order valence-electron chi connectivity index (χ2n) is 2.60. The van der Waals surface area contributed by atoms with Crippen molar-refractivity contribution >= 4 is 12.4 Å². The fraction of sp³-hybridized carbons (Fsp3) is 0.200. The highest BCUT2D eigenvalue weighted by atomic mass is 16.5. The van der Waals surface area contributed by atoms with Crippen molar-refractivity contribution in [3.8, 4) is 0 Å². The maximum absolute atomic E-state index is 10.9. The van der Waals surface area contributed by atoms with Crippen molar-refractivity contribution < 1.29 is 14.3 Å². The first-order valence-electron chi connectivity index (χ1n) is 4.21. The molecule has 1 rings (SSSR count). The quantitative estimate of drug-likeness (QED) is 0.729. The van der Waals surface area contributed by atoms with E-state index in [1.165, 1.54) is 0 Å². The van der Waals surface area contributed by atoms with Crippen LogP contribution in [0.25, 0.3) is 0 Å². The minimum atomic E-state index is -0.582. The van der Waals surface area contributed by atoms with E-state index in [4.69, 9.17) is 0 Å². The number of ether oxygens (including phenoxy) is 1. The number of hydrogen-bond acceptors (Lipinski definition) is 3. The van der Waals surface area contributed by atoms with Gasteiger partial charge in [0.05, 0.1) is 0 Å². The van der Waals surface area contributed by atoms with Crippen LogP contribution in [-0.2, 0) is 16.1 Å². The van der Waals surface area contributed by atoms with Crippen LogP contribution in [0.3, 0.4) is 0 Å². The van der Waals surface area contributed by atoms with Gasteiger partial charge in [-0.15, -0.1) is 0 Å². The Balaban J connectivity index is 2.27. The van der Waals surface area contributed by atoms with Gasteiger partial charge in [0.25, 0.3) is 0 Å². The molecular weight excluding hydrogens is 182 g/mol. The average Bonchev–Trinajstić information content (AvgIpc) is 2.25. The summed E-state index contributed by atoms with van der Waals surface area (Å²) in [6.07, 6.45) is -0.0526. The number of alkyl carbamates (subject to hydrolysis) is 1. The number of benzene rings is 1. The van der Waals surface area contributed by atoms with E-state index in [0.717, 1.165) is 5.56 Å². The Labute approximate surface area is 81.9 Å². The highest BCUT2D eigenvalue weighted by Crippen LogP contribution is 1.96. The normalized spacial score (nSPS) is 9.14. The highest BCUT2D eigenvalue weighted by Gasteiger charge is 1.99. The van der Waals surface area contributed by atoms with Crippen LogP contribution in [0.1, 0.15) is 5.56 Å². The van der Waals surface area contributed by atoms with Gasteiger partial charge >= 0.3 is 6.09 Å². The van der Waals surface area contributed by atoms with Gasteiger partial charge in [0.1, 0.15) is 6.61 Å². The molecule has 0 saturated heterocycles. The van der Waals surface area contributed by atoms with Crippen molar-refractivity contribution in [2.75, 3.05) is 6.61 Å². The molecule has 14 heavy (non-hydrogen) atoms. The molecule has 4 nitrogen and oxygen atoms in total. The molecule has 0 aliphatic rings. The first-order chi connectivity index (χ1) is 6.83. The van der Waals surface area contributed by atoms with E-state index >= 15 is 0 Å². The molecule has 0 unspecified atom stereocenters. The Morgan fingerprint density at radius 3 is 2.71 bits per heavy atom. The van der Waals surface area contributed by atoms with Gasteiger partial charge in [-0.1, -0.05) is 30.3 Å². The second kappa shape index (κ2) is 5.75. The van der Waals surface area contributed by atoms with Crippen LogP contribution < -0.4 is 5.32 Å². The molecule has 0 spiro atoms. The monoisotopic (exact) mass is 193 g/mol. The maximum Gasteiger partial charge on any atom is 0.407 e. The molecule has 4 heteroatoms. The van der Waals surface area contributed by atoms with Crippen LogP contribution in [0.5, 0.6) is 0 Å². The van der Waals surface area contributed by atoms with E-state index in [9.17, 15) is 9.59 Å². The van der Waals surface area contributed by atoms with Gasteiger partial charge in [-0.05, 0) is 5.56 Å². The molecule has 0 bridgehead atoms. The van der Waals surface area contributed by atoms with Crippen LogP contribution in [-0.4, -0.2) is 19.0 Å². The van der Waals surface area contributed by atoms with Crippen molar-refractivity contribution in [1.29, 1.82) is 0 Å². The third kappa shape index (κ3) is 3.71. The number of carbonyl (C=O) groups is 2. The van der Waals surface area contributed by atoms with Crippen molar-refractivity contribution in [3.05, 3.63) is 35.9 Å². The molecule has 1 N–H and O–H groups in total. The lowest BCUT2D eigenvalue weighted by atomic mass is 10.2. The summed E-state index contributed by atoms with van der Waals surface area (Å²) in [4.78, 5) is 20.8. The number of aldehydes is 1. The van der Waals surface area contributed by atoms with E-state index < -0.39 is 6.09 Å². The predicted octanol–water partition coefficient (Wildman–Crippen LogP) is 1.11. The molecule has 0 saturated carbocycles. The zero-order valence-electron chi connectivity index (χ0n) is 7.60. The van der Waals surface area contributed by atoms with Crippen LogP contribution in [0.2, 0.25) is 0 Å². The molecule has 0 aliphatic carbocycles. The minimum absolute atomic E-state index is 0.208. The summed E-state index contributed by atoms with van der Waals surface area (Å²) in [7, 11) is 0. The molecule has 1 aromatic rings. The van der Waals surface area contributed by atoms with E-state index in [-0.39, 0.29) is 6.61 Å². The van der Waals surface area contributed by atoms with E-state index in [1.54, 1.807) is 0 Å². The Kier molecular flexibility index (Phi) is 4.20. The van der Waals surface area contributed by atoms with Crippen LogP contribution in [0.4, 0.5) is 4.79 Å². The SMILES string of the molecule is O=CCOC(=O)NCc1ccccc1. The number of hydrogen-bond donors (Lipinski definition) is 1. The first kappa shape index (κ1) is 10.2. The zero-order valence-corrected chi connectivity index (χ0v) is 7.60. The standard InChI is InChI=1S/C10H11NO3/c12-6-7-14-10(13)11-8-9-4-2-1-3-5-9/h1-6H,7-8H2,(H,11,13). The van der Waals surface area contributed by atoms with Crippen molar-refractivity contribution in [1.82, 2.24) is 5.32 Å². The molecule has 0 aliphatic heterocycles. The Morgan fingerprint density at radius 1 is 1.36 bits per heavy atom. The molecule has 74 valence electrons. The largest absolute Gasteiger partial charge is 0.442 e.